The van der Waals surface area contributed by atoms with E-state index in [0.717, 1.165) is 13.0 Å². The first kappa shape index (κ1) is 17.0. The van der Waals surface area contributed by atoms with Crippen molar-refractivity contribution < 1.29 is 13.2 Å². The first-order chi connectivity index (χ1) is 9.36. The Labute approximate surface area is 119 Å². The van der Waals surface area contributed by atoms with Crippen LogP contribution in [0.1, 0.15) is 37.5 Å². The van der Waals surface area contributed by atoms with Gasteiger partial charge in [0.2, 0.25) is 0 Å². The molecular weight excluding hydrogens is 263 g/mol. The molecule has 0 radical (unpaired) electrons. The number of nitrogens with zero attached hydrogens (tertiary/aromatic N) is 1. The van der Waals surface area contributed by atoms with Crippen molar-refractivity contribution in [3.63, 3.8) is 0 Å². The summed E-state index contributed by atoms with van der Waals surface area (Å²) in [6.07, 6.45) is -3.24. The standard InChI is InChI=1S/C14H18F3N.C2H6/c1-10-3-4-13-9-18(6-5-12(13)7-10)8-11(2)14(15,16)17;1-2/h3-4,7,11H,5-6,8-9H2,1-2H3;1-2H3. The molecule has 1 atom stereocenters. The molecule has 4 heteroatoms. The normalized spacial score (nSPS) is 16.9. The van der Waals surface area contributed by atoms with Gasteiger partial charge >= 0.3 is 6.18 Å². The van der Waals surface area contributed by atoms with E-state index in [1.165, 1.54) is 23.6 Å². The molecule has 114 valence electrons. The van der Waals surface area contributed by atoms with Crippen molar-refractivity contribution >= 4 is 0 Å². The number of hydrogen-bond donors (Lipinski definition) is 0. The van der Waals surface area contributed by atoms with Gasteiger partial charge in [0.05, 0.1) is 5.92 Å². The molecule has 0 fully saturated rings. The first-order valence-corrected chi connectivity index (χ1v) is 7.24. The van der Waals surface area contributed by atoms with Gasteiger partial charge in [0.1, 0.15) is 0 Å². The number of alkyl halides is 3. The molecule has 0 N–H and O–H groups in total. The third-order valence-electron chi connectivity index (χ3n) is 3.54. The van der Waals surface area contributed by atoms with Crippen LogP contribution >= 0.6 is 0 Å². The van der Waals surface area contributed by atoms with Gasteiger partial charge in [-0.1, -0.05) is 44.5 Å². The van der Waals surface area contributed by atoms with Crippen LogP contribution in [0, 0.1) is 12.8 Å². The third kappa shape index (κ3) is 4.51. The molecule has 0 bridgehead atoms. The van der Waals surface area contributed by atoms with Crippen molar-refractivity contribution in [1.82, 2.24) is 4.90 Å². The van der Waals surface area contributed by atoms with E-state index in [2.05, 4.69) is 6.07 Å². The Morgan fingerprint density at radius 1 is 1.20 bits per heavy atom. The van der Waals surface area contributed by atoms with Crippen molar-refractivity contribution in [2.45, 2.75) is 46.8 Å². The van der Waals surface area contributed by atoms with Crippen molar-refractivity contribution in [3.05, 3.63) is 34.9 Å². The predicted octanol–water partition coefficient (Wildman–Crippen LogP) is 4.58. The van der Waals surface area contributed by atoms with Crippen LogP contribution in [-0.4, -0.2) is 24.2 Å². The van der Waals surface area contributed by atoms with Gasteiger partial charge in [-0.05, 0) is 24.5 Å². The SMILES string of the molecule is CC.Cc1ccc2c(c1)CCN(CC(C)C(F)(F)F)C2. The van der Waals surface area contributed by atoms with Crippen LogP contribution in [-0.2, 0) is 13.0 Å². The molecule has 2 rings (SSSR count). The van der Waals surface area contributed by atoms with E-state index in [9.17, 15) is 13.2 Å². The summed E-state index contributed by atoms with van der Waals surface area (Å²) in [4.78, 5) is 1.90. The van der Waals surface area contributed by atoms with E-state index >= 15 is 0 Å². The quantitative estimate of drug-likeness (QED) is 0.769. The van der Waals surface area contributed by atoms with Crippen LogP contribution in [0.4, 0.5) is 13.2 Å². The number of halogens is 3. The minimum atomic E-state index is -4.09. The van der Waals surface area contributed by atoms with Crippen LogP contribution < -0.4 is 0 Å². The topological polar surface area (TPSA) is 3.24 Å². The second kappa shape index (κ2) is 7.11. The highest BCUT2D eigenvalue weighted by molar-refractivity contribution is 5.33. The number of hydrogen-bond acceptors (Lipinski definition) is 1. The molecule has 1 aliphatic rings. The van der Waals surface area contributed by atoms with Crippen LogP contribution in [0.2, 0.25) is 0 Å². The highest BCUT2D eigenvalue weighted by atomic mass is 19.4. The summed E-state index contributed by atoms with van der Waals surface area (Å²) in [6, 6.07) is 6.20. The third-order valence-corrected chi connectivity index (χ3v) is 3.54. The molecular formula is C16H24F3N. The predicted molar refractivity (Wildman–Crippen MR) is 76.7 cm³/mol. The molecule has 0 spiro atoms. The largest absolute Gasteiger partial charge is 0.392 e. The van der Waals surface area contributed by atoms with Gasteiger partial charge < -0.3 is 0 Å². The van der Waals surface area contributed by atoms with Crippen LogP contribution in [0.15, 0.2) is 18.2 Å². The zero-order chi connectivity index (χ0) is 15.3. The molecule has 0 aromatic heterocycles. The lowest BCUT2D eigenvalue weighted by molar-refractivity contribution is -0.174. The molecule has 1 heterocycles. The lowest BCUT2D eigenvalue weighted by Crippen LogP contribution is -2.38. The molecule has 0 saturated heterocycles. The Hall–Kier alpha value is -1.03. The Morgan fingerprint density at radius 3 is 2.45 bits per heavy atom. The van der Waals surface area contributed by atoms with Crippen molar-refractivity contribution in [2.75, 3.05) is 13.1 Å². The second-order valence-electron chi connectivity index (χ2n) is 5.20. The lowest BCUT2D eigenvalue weighted by atomic mass is 9.97. The van der Waals surface area contributed by atoms with Gasteiger partial charge in [-0.3, -0.25) is 4.90 Å². The molecule has 1 aliphatic heterocycles. The van der Waals surface area contributed by atoms with E-state index in [-0.39, 0.29) is 6.54 Å². The maximum atomic E-state index is 12.5. The summed E-state index contributed by atoms with van der Waals surface area (Å²) in [5, 5.41) is 0. The highest BCUT2D eigenvalue weighted by Gasteiger charge is 2.37. The van der Waals surface area contributed by atoms with Gasteiger partial charge in [0.15, 0.2) is 0 Å². The average molecular weight is 287 g/mol. The van der Waals surface area contributed by atoms with Crippen LogP contribution in [0.3, 0.4) is 0 Å². The number of fused-ring (bicyclic) bond motifs is 1. The number of benzene rings is 1. The van der Waals surface area contributed by atoms with E-state index < -0.39 is 12.1 Å². The van der Waals surface area contributed by atoms with Crippen LogP contribution in [0.5, 0.6) is 0 Å². The molecule has 1 aromatic carbocycles. The summed E-state index contributed by atoms with van der Waals surface area (Å²) in [5.41, 5.74) is 3.66. The average Bonchev–Trinajstić information content (AvgIpc) is 2.40. The Balaban J connectivity index is 0.000000956. The van der Waals surface area contributed by atoms with E-state index in [0.29, 0.717) is 6.54 Å². The summed E-state index contributed by atoms with van der Waals surface area (Å²) >= 11 is 0. The van der Waals surface area contributed by atoms with E-state index in [1.54, 1.807) is 0 Å². The zero-order valence-electron chi connectivity index (χ0n) is 12.7. The molecule has 20 heavy (non-hydrogen) atoms. The van der Waals surface area contributed by atoms with E-state index in [4.69, 9.17) is 0 Å². The van der Waals surface area contributed by atoms with Gasteiger partial charge in [0.25, 0.3) is 0 Å². The van der Waals surface area contributed by atoms with Gasteiger partial charge in [-0.25, -0.2) is 0 Å². The Bertz CT molecular complexity index is 426. The van der Waals surface area contributed by atoms with Crippen molar-refractivity contribution in [3.8, 4) is 0 Å². The highest BCUT2D eigenvalue weighted by Crippen LogP contribution is 2.28. The molecule has 1 nitrogen and oxygen atoms in total. The van der Waals surface area contributed by atoms with Crippen molar-refractivity contribution in [2.24, 2.45) is 5.92 Å². The smallest absolute Gasteiger partial charge is 0.298 e. The Morgan fingerprint density at radius 2 is 1.85 bits per heavy atom. The number of rotatable bonds is 2. The zero-order valence-corrected chi connectivity index (χ0v) is 12.7. The fraction of sp³-hybridized carbons (Fsp3) is 0.625. The van der Waals surface area contributed by atoms with Gasteiger partial charge in [-0.2, -0.15) is 13.2 Å². The fourth-order valence-corrected chi connectivity index (χ4v) is 2.39. The lowest BCUT2D eigenvalue weighted by Gasteiger charge is -2.31. The van der Waals surface area contributed by atoms with Gasteiger partial charge in [-0.15, -0.1) is 0 Å². The maximum Gasteiger partial charge on any atom is 0.392 e. The summed E-state index contributed by atoms with van der Waals surface area (Å²) in [5.74, 6) is -1.26. The molecule has 1 unspecified atom stereocenters. The van der Waals surface area contributed by atoms with Crippen LogP contribution in [0.25, 0.3) is 0 Å². The summed E-state index contributed by atoms with van der Waals surface area (Å²) in [6.45, 7) is 8.74. The fourth-order valence-electron chi connectivity index (χ4n) is 2.39. The maximum absolute atomic E-state index is 12.5. The van der Waals surface area contributed by atoms with Gasteiger partial charge in [0, 0.05) is 19.6 Å². The molecule has 0 aliphatic carbocycles. The first-order valence-electron chi connectivity index (χ1n) is 7.24. The molecule has 0 amide bonds. The molecule has 1 aromatic rings. The number of aryl methyl sites for hydroxylation is 1. The Kier molecular flexibility index (Phi) is 6.06. The van der Waals surface area contributed by atoms with Crippen molar-refractivity contribution in [1.29, 1.82) is 0 Å². The minimum Gasteiger partial charge on any atom is -0.298 e. The molecule has 0 saturated carbocycles. The summed E-state index contributed by atoms with van der Waals surface area (Å²) in [7, 11) is 0. The minimum absolute atomic E-state index is 0.0941. The monoisotopic (exact) mass is 287 g/mol. The second-order valence-corrected chi connectivity index (χ2v) is 5.20. The summed E-state index contributed by atoms with van der Waals surface area (Å²) < 4.78 is 37.6. The van der Waals surface area contributed by atoms with E-state index in [1.807, 2.05) is 37.8 Å².